The van der Waals surface area contributed by atoms with Crippen LogP contribution in [0.25, 0.3) is 0 Å². The molecule has 1 saturated carbocycles. The molecule has 0 spiro atoms. The van der Waals surface area contributed by atoms with Gasteiger partial charge in [-0.2, -0.15) is 5.10 Å². The predicted molar refractivity (Wildman–Crippen MR) is 89.2 cm³/mol. The third-order valence-electron chi connectivity index (χ3n) is 4.65. The first kappa shape index (κ1) is 16.1. The molecule has 1 aliphatic heterocycles. The molecule has 1 aromatic carbocycles. The predicted octanol–water partition coefficient (Wildman–Crippen LogP) is 2.77. The van der Waals surface area contributed by atoms with E-state index in [1.54, 1.807) is 6.07 Å². The second-order valence-corrected chi connectivity index (χ2v) is 6.51. The molecule has 0 unspecified atom stereocenters. The summed E-state index contributed by atoms with van der Waals surface area (Å²) in [5, 5.41) is 7.25. The van der Waals surface area contributed by atoms with E-state index >= 15 is 0 Å². The van der Waals surface area contributed by atoms with Gasteiger partial charge >= 0.3 is 0 Å². The zero-order valence-electron chi connectivity index (χ0n) is 14.0. The average molecular weight is 345 g/mol. The SMILES string of the molecule is COc1ccc(NC(=O)c2nn(CC3CC3)c3c2COCC3)cc1F. The van der Waals surface area contributed by atoms with Crippen molar-refractivity contribution in [3.8, 4) is 5.75 Å². The lowest BCUT2D eigenvalue weighted by atomic mass is 10.1. The van der Waals surface area contributed by atoms with Gasteiger partial charge in [-0.25, -0.2) is 4.39 Å². The zero-order valence-corrected chi connectivity index (χ0v) is 14.0. The first-order chi connectivity index (χ1) is 12.2. The number of carbonyl (C=O) groups is 1. The normalized spacial score (nSPS) is 16.4. The molecule has 132 valence electrons. The van der Waals surface area contributed by atoms with Crippen molar-refractivity contribution in [2.75, 3.05) is 19.0 Å². The van der Waals surface area contributed by atoms with Crippen LogP contribution in [-0.2, 0) is 24.3 Å². The number of benzene rings is 1. The maximum Gasteiger partial charge on any atom is 0.276 e. The van der Waals surface area contributed by atoms with Crippen LogP contribution in [0, 0.1) is 11.7 Å². The first-order valence-electron chi connectivity index (χ1n) is 8.47. The molecule has 1 amide bonds. The number of rotatable bonds is 5. The molecule has 2 aliphatic rings. The molecule has 2 heterocycles. The van der Waals surface area contributed by atoms with Crippen LogP contribution in [0.15, 0.2) is 18.2 Å². The number of hydrogen-bond acceptors (Lipinski definition) is 4. The molecular weight excluding hydrogens is 325 g/mol. The number of amides is 1. The number of carbonyl (C=O) groups excluding carboxylic acids is 1. The van der Waals surface area contributed by atoms with Crippen LogP contribution in [0.4, 0.5) is 10.1 Å². The van der Waals surface area contributed by atoms with E-state index in [0.29, 0.717) is 30.5 Å². The number of anilines is 1. The second-order valence-electron chi connectivity index (χ2n) is 6.51. The molecule has 1 aromatic heterocycles. The Kier molecular flexibility index (Phi) is 4.17. The maximum absolute atomic E-state index is 13.8. The van der Waals surface area contributed by atoms with Crippen molar-refractivity contribution in [2.24, 2.45) is 5.92 Å². The van der Waals surface area contributed by atoms with Crippen molar-refractivity contribution >= 4 is 11.6 Å². The maximum atomic E-state index is 13.8. The Labute approximate surface area is 144 Å². The summed E-state index contributed by atoms with van der Waals surface area (Å²) in [4.78, 5) is 12.7. The summed E-state index contributed by atoms with van der Waals surface area (Å²) in [6.45, 7) is 1.89. The Morgan fingerprint density at radius 2 is 2.32 bits per heavy atom. The number of hydrogen-bond donors (Lipinski definition) is 1. The van der Waals surface area contributed by atoms with Gasteiger partial charge in [0.05, 0.1) is 20.3 Å². The highest BCUT2D eigenvalue weighted by Crippen LogP contribution is 2.32. The summed E-state index contributed by atoms with van der Waals surface area (Å²) in [5.41, 5.74) is 2.67. The van der Waals surface area contributed by atoms with Gasteiger partial charge in [-0.15, -0.1) is 0 Å². The Bertz CT molecular complexity index is 814. The molecule has 0 bridgehead atoms. The Morgan fingerprint density at radius 1 is 1.48 bits per heavy atom. The van der Waals surface area contributed by atoms with E-state index in [9.17, 15) is 9.18 Å². The summed E-state index contributed by atoms with van der Waals surface area (Å²) in [7, 11) is 1.40. The zero-order chi connectivity index (χ0) is 17.4. The number of ether oxygens (including phenoxy) is 2. The van der Waals surface area contributed by atoms with Crippen molar-refractivity contribution in [3.63, 3.8) is 0 Å². The number of nitrogens with one attached hydrogen (secondary N) is 1. The lowest BCUT2D eigenvalue weighted by Crippen LogP contribution is -2.17. The second kappa shape index (κ2) is 6.48. The quantitative estimate of drug-likeness (QED) is 0.905. The van der Waals surface area contributed by atoms with Gasteiger partial charge in [0, 0.05) is 36.0 Å². The molecule has 1 fully saturated rings. The van der Waals surface area contributed by atoms with E-state index in [2.05, 4.69) is 10.4 Å². The fourth-order valence-corrected chi connectivity index (χ4v) is 3.12. The molecule has 6 nitrogen and oxygen atoms in total. The molecule has 2 aromatic rings. The lowest BCUT2D eigenvalue weighted by molar-refractivity contribution is 0.0984. The van der Waals surface area contributed by atoms with Crippen molar-refractivity contribution in [1.29, 1.82) is 0 Å². The topological polar surface area (TPSA) is 65.4 Å². The van der Waals surface area contributed by atoms with Crippen molar-refractivity contribution in [1.82, 2.24) is 9.78 Å². The van der Waals surface area contributed by atoms with Gasteiger partial charge in [-0.1, -0.05) is 0 Å². The van der Waals surface area contributed by atoms with E-state index < -0.39 is 5.82 Å². The highest BCUT2D eigenvalue weighted by Gasteiger charge is 2.29. The van der Waals surface area contributed by atoms with Gasteiger partial charge in [-0.05, 0) is 30.9 Å². The minimum absolute atomic E-state index is 0.137. The van der Waals surface area contributed by atoms with E-state index in [1.807, 2.05) is 4.68 Å². The van der Waals surface area contributed by atoms with E-state index in [0.717, 1.165) is 24.2 Å². The minimum atomic E-state index is -0.523. The van der Waals surface area contributed by atoms with Crippen LogP contribution >= 0.6 is 0 Å². The number of fused-ring (bicyclic) bond motifs is 1. The summed E-state index contributed by atoms with van der Waals surface area (Å²) in [6.07, 6.45) is 3.20. The summed E-state index contributed by atoms with van der Waals surface area (Å²) in [5.74, 6) is -0.0679. The van der Waals surface area contributed by atoms with Gasteiger partial charge in [-0.3, -0.25) is 9.48 Å². The van der Waals surface area contributed by atoms with Crippen LogP contribution in [-0.4, -0.2) is 29.4 Å². The van der Waals surface area contributed by atoms with Gasteiger partial charge in [0.25, 0.3) is 5.91 Å². The molecule has 7 heteroatoms. The van der Waals surface area contributed by atoms with Crippen molar-refractivity contribution in [3.05, 3.63) is 41.0 Å². The number of methoxy groups -OCH3 is 1. The fourth-order valence-electron chi connectivity index (χ4n) is 3.12. The molecule has 25 heavy (non-hydrogen) atoms. The standard InChI is InChI=1S/C18H20FN3O3/c1-24-16-5-4-12(8-14(16)19)20-18(23)17-13-10-25-7-6-15(13)22(21-17)9-11-2-3-11/h4-5,8,11H,2-3,6-7,9-10H2,1H3,(H,20,23). The van der Waals surface area contributed by atoms with Crippen LogP contribution in [0.2, 0.25) is 0 Å². The van der Waals surface area contributed by atoms with Crippen LogP contribution in [0.1, 0.15) is 34.6 Å². The highest BCUT2D eigenvalue weighted by atomic mass is 19.1. The van der Waals surface area contributed by atoms with Crippen LogP contribution in [0.3, 0.4) is 0 Å². The summed E-state index contributed by atoms with van der Waals surface area (Å²) in [6, 6.07) is 4.32. The molecule has 4 rings (SSSR count). The van der Waals surface area contributed by atoms with Crippen molar-refractivity contribution < 1.29 is 18.7 Å². The van der Waals surface area contributed by atoms with Crippen LogP contribution < -0.4 is 10.1 Å². The number of halogens is 1. The molecule has 1 aliphatic carbocycles. The summed E-state index contributed by atoms with van der Waals surface area (Å²) < 4.78 is 26.2. The van der Waals surface area contributed by atoms with E-state index in [4.69, 9.17) is 9.47 Å². The van der Waals surface area contributed by atoms with Gasteiger partial charge in [0.1, 0.15) is 0 Å². The third kappa shape index (κ3) is 3.24. The van der Waals surface area contributed by atoms with Crippen molar-refractivity contribution in [2.45, 2.75) is 32.4 Å². The molecule has 0 atom stereocenters. The van der Waals surface area contributed by atoms with Crippen LogP contribution in [0.5, 0.6) is 5.75 Å². The van der Waals surface area contributed by atoms with Gasteiger partial charge < -0.3 is 14.8 Å². The molecule has 1 N–H and O–H groups in total. The molecular formula is C18H20FN3O3. The Balaban J connectivity index is 1.59. The fraction of sp³-hybridized carbons (Fsp3) is 0.444. The Morgan fingerprint density at radius 3 is 3.04 bits per heavy atom. The highest BCUT2D eigenvalue weighted by molar-refractivity contribution is 6.04. The van der Waals surface area contributed by atoms with Gasteiger partial charge in [0.2, 0.25) is 0 Å². The van der Waals surface area contributed by atoms with E-state index in [1.165, 1.54) is 32.1 Å². The molecule has 0 radical (unpaired) electrons. The average Bonchev–Trinajstić information content (AvgIpc) is 3.35. The number of nitrogens with zero attached hydrogens (tertiary/aromatic N) is 2. The third-order valence-corrected chi connectivity index (χ3v) is 4.65. The Hall–Kier alpha value is -2.41. The van der Waals surface area contributed by atoms with E-state index in [-0.39, 0.29) is 11.7 Å². The number of aromatic nitrogens is 2. The van der Waals surface area contributed by atoms with Gasteiger partial charge in [0.15, 0.2) is 17.3 Å². The monoisotopic (exact) mass is 345 g/mol. The largest absolute Gasteiger partial charge is 0.494 e. The summed E-state index contributed by atoms with van der Waals surface area (Å²) >= 11 is 0. The first-order valence-corrected chi connectivity index (χ1v) is 8.47. The minimum Gasteiger partial charge on any atom is -0.494 e. The lowest BCUT2D eigenvalue weighted by Gasteiger charge is -2.15. The molecule has 0 saturated heterocycles. The smallest absolute Gasteiger partial charge is 0.276 e.